The van der Waals surface area contributed by atoms with Crippen molar-refractivity contribution in [2.45, 2.75) is 46.7 Å². The Morgan fingerprint density at radius 2 is 1.59 bits per heavy atom. The van der Waals surface area contributed by atoms with Crippen LogP contribution in [0.1, 0.15) is 34.6 Å². The first-order valence-corrected chi connectivity index (χ1v) is 5.36. The van der Waals surface area contributed by atoms with Gasteiger partial charge < -0.3 is 15.7 Å². The van der Waals surface area contributed by atoms with Crippen molar-refractivity contribution in [1.29, 1.82) is 0 Å². The van der Waals surface area contributed by atoms with E-state index in [0.29, 0.717) is 0 Å². The molecule has 0 aromatic carbocycles. The highest BCUT2D eigenvalue weighted by Gasteiger charge is 2.33. The van der Waals surface area contributed by atoms with Crippen LogP contribution in [0.2, 0.25) is 0 Å². The third-order valence-corrected chi connectivity index (χ3v) is 2.21. The van der Waals surface area contributed by atoms with E-state index in [0.717, 1.165) is 0 Å². The Morgan fingerprint density at radius 1 is 1.12 bits per heavy atom. The van der Waals surface area contributed by atoms with Crippen LogP contribution in [-0.4, -0.2) is 35.0 Å². The molecule has 2 atom stereocenters. The van der Waals surface area contributed by atoms with Crippen LogP contribution in [0.3, 0.4) is 0 Å². The molecule has 0 radical (unpaired) electrons. The van der Waals surface area contributed by atoms with Crippen molar-refractivity contribution < 1.29 is 19.5 Å². The first-order chi connectivity index (χ1) is 7.55. The summed E-state index contributed by atoms with van der Waals surface area (Å²) in [4.78, 5) is 33.4. The van der Waals surface area contributed by atoms with E-state index in [1.54, 1.807) is 20.8 Å². The molecule has 2 amide bonds. The number of nitrogens with one attached hydrogen (secondary N) is 2. The minimum absolute atomic E-state index is 0.338. The van der Waals surface area contributed by atoms with Gasteiger partial charge in [0.2, 0.25) is 11.8 Å². The highest BCUT2D eigenvalue weighted by atomic mass is 16.4. The minimum Gasteiger partial charge on any atom is -0.480 e. The summed E-state index contributed by atoms with van der Waals surface area (Å²) in [7, 11) is 0. The van der Waals surface area contributed by atoms with Gasteiger partial charge in [-0.05, 0) is 12.3 Å². The molecule has 0 saturated carbocycles. The standard InChI is InChI=1S/C11H20N2O4/c1-6(12-7(2)14)9(15)13-8(10(16)17)11(3,4)5/h6,8H,1-5H3,(H,12,14)(H,13,15)(H,16,17)/t6?,8-/m0/s1. The van der Waals surface area contributed by atoms with E-state index in [-0.39, 0.29) is 5.91 Å². The maximum atomic E-state index is 11.7. The lowest BCUT2D eigenvalue weighted by Crippen LogP contribution is -2.54. The van der Waals surface area contributed by atoms with Crippen molar-refractivity contribution in [3.63, 3.8) is 0 Å². The van der Waals surface area contributed by atoms with Crippen LogP contribution in [0.25, 0.3) is 0 Å². The summed E-state index contributed by atoms with van der Waals surface area (Å²) in [6.45, 7) is 7.94. The molecule has 0 heterocycles. The lowest BCUT2D eigenvalue weighted by Gasteiger charge is -2.28. The molecule has 98 valence electrons. The van der Waals surface area contributed by atoms with Crippen LogP contribution in [-0.2, 0) is 14.4 Å². The Kier molecular flexibility index (Phi) is 5.12. The number of carbonyl (C=O) groups is 3. The van der Waals surface area contributed by atoms with Gasteiger partial charge in [0.05, 0.1) is 0 Å². The summed E-state index contributed by atoms with van der Waals surface area (Å²) >= 11 is 0. The van der Waals surface area contributed by atoms with Gasteiger partial charge in [-0.15, -0.1) is 0 Å². The largest absolute Gasteiger partial charge is 0.480 e. The molecule has 0 rings (SSSR count). The number of aliphatic carboxylic acids is 1. The molecule has 0 aromatic heterocycles. The second-order valence-electron chi connectivity index (χ2n) is 5.07. The minimum atomic E-state index is -1.10. The molecule has 0 aromatic rings. The van der Waals surface area contributed by atoms with E-state index >= 15 is 0 Å². The van der Waals surface area contributed by atoms with Gasteiger partial charge in [-0.25, -0.2) is 4.79 Å². The van der Waals surface area contributed by atoms with Crippen LogP contribution in [0.4, 0.5) is 0 Å². The Labute approximate surface area is 101 Å². The number of hydrogen-bond acceptors (Lipinski definition) is 3. The molecule has 6 heteroatoms. The summed E-state index contributed by atoms with van der Waals surface area (Å²) in [5, 5.41) is 13.8. The third-order valence-electron chi connectivity index (χ3n) is 2.21. The molecule has 0 bridgehead atoms. The van der Waals surface area contributed by atoms with Crippen molar-refractivity contribution in [3.05, 3.63) is 0 Å². The first kappa shape index (κ1) is 15.4. The second-order valence-corrected chi connectivity index (χ2v) is 5.07. The normalized spacial score (nSPS) is 14.6. The average Bonchev–Trinajstić information content (AvgIpc) is 2.09. The fraction of sp³-hybridized carbons (Fsp3) is 0.727. The summed E-state index contributed by atoms with van der Waals surface area (Å²) in [6, 6.07) is -1.75. The zero-order valence-corrected chi connectivity index (χ0v) is 10.8. The van der Waals surface area contributed by atoms with E-state index in [1.165, 1.54) is 13.8 Å². The highest BCUT2D eigenvalue weighted by molar-refractivity contribution is 5.89. The molecular weight excluding hydrogens is 224 g/mol. The fourth-order valence-corrected chi connectivity index (χ4v) is 1.29. The molecule has 0 aliphatic carbocycles. The van der Waals surface area contributed by atoms with Gasteiger partial charge in [0.25, 0.3) is 0 Å². The van der Waals surface area contributed by atoms with Crippen molar-refractivity contribution in [2.24, 2.45) is 5.41 Å². The Balaban J connectivity index is 4.63. The van der Waals surface area contributed by atoms with E-state index in [9.17, 15) is 14.4 Å². The molecule has 0 fully saturated rings. The van der Waals surface area contributed by atoms with E-state index in [4.69, 9.17) is 5.11 Å². The van der Waals surface area contributed by atoms with Crippen molar-refractivity contribution in [3.8, 4) is 0 Å². The molecular formula is C11H20N2O4. The smallest absolute Gasteiger partial charge is 0.326 e. The van der Waals surface area contributed by atoms with Gasteiger partial charge in [-0.1, -0.05) is 20.8 Å². The van der Waals surface area contributed by atoms with E-state index in [1.807, 2.05) is 0 Å². The van der Waals surface area contributed by atoms with Gasteiger partial charge in [0.1, 0.15) is 12.1 Å². The maximum Gasteiger partial charge on any atom is 0.326 e. The molecule has 1 unspecified atom stereocenters. The van der Waals surface area contributed by atoms with Crippen LogP contribution in [0.15, 0.2) is 0 Å². The number of carboxylic acids is 1. The lowest BCUT2D eigenvalue weighted by molar-refractivity contribution is -0.145. The predicted octanol–water partition coefficient (Wildman–Crippen LogP) is 0.127. The molecule has 0 aliphatic rings. The van der Waals surface area contributed by atoms with Gasteiger partial charge in [-0.2, -0.15) is 0 Å². The fourth-order valence-electron chi connectivity index (χ4n) is 1.29. The van der Waals surface area contributed by atoms with Crippen molar-refractivity contribution >= 4 is 17.8 Å². The second kappa shape index (κ2) is 5.65. The molecule has 0 saturated heterocycles. The summed E-state index contributed by atoms with van der Waals surface area (Å²) in [6.07, 6.45) is 0. The topological polar surface area (TPSA) is 95.5 Å². The summed E-state index contributed by atoms with van der Waals surface area (Å²) in [5.74, 6) is -1.95. The predicted molar refractivity (Wildman–Crippen MR) is 62.3 cm³/mol. The van der Waals surface area contributed by atoms with Gasteiger partial charge in [0.15, 0.2) is 0 Å². The zero-order valence-electron chi connectivity index (χ0n) is 10.8. The number of amides is 2. The van der Waals surface area contributed by atoms with Crippen molar-refractivity contribution in [1.82, 2.24) is 10.6 Å². The monoisotopic (exact) mass is 244 g/mol. The van der Waals surface area contributed by atoms with E-state index < -0.39 is 29.4 Å². The summed E-state index contributed by atoms with van der Waals surface area (Å²) < 4.78 is 0. The Hall–Kier alpha value is -1.59. The lowest BCUT2D eigenvalue weighted by atomic mass is 9.86. The van der Waals surface area contributed by atoms with Crippen LogP contribution in [0, 0.1) is 5.41 Å². The zero-order chi connectivity index (χ0) is 13.8. The third kappa shape index (κ3) is 5.33. The highest BCUT2D eigenvalue weighted by Crippen LogP contribution is 2.19. The van der Waals surface area contributed by atoms with Gasteiger partial charge in [0, 0.05) is 6.92 Å². The number of carboxylic acid groups (broad SMARTS) is 1. The molecule has 3 N–H and O–H groups in total. The molecule has 6 nitrogen and oxygen atoms in total. The quantitative estimate of drug-likeness (QED) is 0.655. The average molecular weight is 244 g/mol. The van der Waals surface area contributed by atoms with Crippen LogP contribution in [0.5, 0.6) is 0 Å². The number of hydrogen-bond donors (Lipinski definition) is 3. The molecule has 17 heavy (non-hydrogen) atoms. The van der Waals surface area contributed by atoms with Gasteiger partial charge >= 0.3 is 5.97 Å². The summed E-state index contributed by atoms with van der Waals surface area (Å²) in [5.41, 5.74) is -0.600. The molecule has 0 aliphatic heterocycles. The first-order valence-electron chi connectivity index (χ1n) is 5.36. The Bertz CT molecular complexity index is 320. The number of rotatable bonds is 4. The number of carbonyl (C=O) groups excluding carboxylic acids is 2. The Morgan fingerprint density at radius 3 is 1.88 bits per heavy atom. The molecule has 0 spiro atoms. The van der Waals surface area contributed by atoms with Crippen LogP contribution < -0.4 is 10.6 Å². The van der Waals surface area contributed by atoms with Crippen LogP contribution >= 0.6 is 0 Å². The van der Waals surface area contributed by atoms with Gasteiger partial charge in [-0.3, -0.25) is 9.59 Å². The van der Waals surface area contributed by atoms with E-state index in [2.05, 4.69) is 10.6 Å². The van der Waals surface area contributed by atoms with Crippen molar-refractivity contribution in [2.75, 3.05) is 0 Å². The SMILES string of the molecule is CC(=O)NC(C)C(=O)N[C@@H](C(=O)O)C(C)(C)C. The maximum absolute atomic E-state index is 11.7.